The van der Waals surface area contributed by atoms with Gasteiger partial charge in [0, 0.05) is 18.7 Å². The lowest BCUT2D eigenvalue weighted by atomic mass is 10.0. The quantitative estimate of drug-likeness (QED) is 0.468. The number of ether oxygens (including phenoxy) is 1. The zero-order chi connectivity index (χ0) is 26.2. The van der Waals surface area contributed by atoms with E-state index in [1.165, 1.54) is 30.3 Å². The number of carbonyl (C=O) groups is 4. The molecular formula is C26H28FN3O5S. The molecule has 2 aromatic carbocycles. The third-order valence-corrected chi connectivity index (χ3v) is 6.25. The van der Waals surface area contributed by atoms with E-state index in [2.05, 4.69) is 10.6 Å². The van der Waals surface area contributed by atoms with Gasteiger partial charge in [-0.25, -0.2) is 4.39 Å². The molecule has 8 nitrogen and oxygen atoms in total. The van der Waals surface area contributed by atoms with Gasteiger partial charge in [0.1, 0.15) is 17.6 Å². The molecule has 1 atom stereocenters. The van der Waals surface area contributed by atoms with Crippen molar-refractivity contribution < 1.29 is 28.3 Å². The molecule has 0 radical (unpaired) electrons. The van der Waals surface area contributed by atoms with E-state index in [0.29, 0.717) is 23.5 Å². The van der Waals surface area contributed by atoms with Crippen LogP contribution in [0.25, 0.3) is 6.08 Å². The first kappa shape index (κ1) is 26.9. The van der Waals surface area contributed by atoms with Gasteiger partial charge >= 0.3 is 0 Å². The number of rotatable bonds is 10. The minimum absolute atomic E-state index is 0.0190. The molecule has 3 rings (SSSR count). The van der Waals surface area contributed by atoms with Gasteiger partial charge in [-0.05, 0) is 72.6 Å². The van der Waals surface area contributed by atoms with E-state index in [0.717, 1.165) is 16.7 Å². The van der Waals surface area contributed by atoms with E-state index in [9.17, 15) is 23.6 Å². The van der Waals surface area contributed by atoms with Gasteiger partial charge in [0.05, 0.1) is 11.5 Å². The molecule has 0 aromatic heterocycles. The van der Waals surface area contributed by atoms with E-state index >= 15 is 0 Å². The zero-order valence-electron chi connectivity index (χ0n) is 20.2. The van der Waals surface area contributed by atoms with Crippen LogP contribution in [0.5, 0.6) is 5.75 Å². The first-order valence-electron chi connectivity index (χ1n) is 11.5. The van der Waals surface area contributed by atoms with Gasteiger partial charge in [0.2, 0.25) is 5.91 Å². The lowest BCUT2D eigenvalue weighted by Crippen LogP contribution is -2.51. The van der Waals surface area contributed by atoms with Crippen molar-refractivity contribution in [3.8, 4) is 5.75 Å². The van der Waals surface area contributed by atoms with Crippen LogP contribution in [-0.4, -0.2) is 53.6 Å². The van der Waals surface area contributed by atoms with E-state index in [-0.39, 0.29) is 23.9 Å². The molecule has 1 fully saturated rings. The average Bonchev–Trinajstić information content (AvgIpc) is 3.11. The molecule has 10 heteroatoms. The van der Waals surface area contributed by atoms with E-state index in [4.69, 9.17) is 4.74 Å². The Kier molecular flexibility index (Phi) is 9.24. The monoisotopic (exact) mass is 513 g/mol. The number of amides is 4. The summed E-state index contributed by atoms with van der Waals surface area (Å²) in [5.41, 5.74) is 0.987. The number of nitrogens with one attached hydrogen (secondary N) is 2. The number of benzene rings is 2. The summed E-state index contributed by atoms with van der Waals surface area (Å²) in [6.45, 7) is 6.00. The molecule has 0 spiro atoms. The molecule has 0 aliphatic carbocycles. The molecule has 1 saturated heterocycles. The van der Waals surface area contributed by atoms with Crippen molar-refractivity contribution in [3.05, 3.63) is 70.4 Å². The number of carbonyl (C=O) groups excluding carboxylic acids is 4. The molecule has 0 saturated carbocycles. The lowest BCUT2D eigenvalue weighted by Gasteiger charge is -2.22. The van der Waals surface area contributed by atoms with Crippen molar-refractivity contribution in [2.75, 3.05) is 19.7 Å². The number of thioether (sulfide) groups is 1. The molecule has 1 heterocycles. The zero-order valence-corrected chi connectivity index (χ0v) is 21.1. The van der Waals surface area contributed by atoms with Gasteiger partial charge in [-0.3, -0.25) is 24.1 Å². The Morgan fingerprint density at radius 1 is 1.08 bits per heavy atom. The van der Waals surface area contributed by atoms with Gasteiger partial charge in [-0.15, -0.1) is 0 Å². The van der Waals surface area contributed by atoms with Gasteiger partial charge in [-0.2, -0.15) is 0 Å². The predicted molar refractivity (Wildman–Crippen MR) is 136 cm³/mol. The van der Waals surface area contributed by atoms with Crippen LogP contribution >= 0.6 is 11.8 Å². The predicted octanol–water partition coefficient (Wildman–Crippen LogP) is 3.83. The topological polar surface area (TPSA) is 105 Å². The summed E-state index contributed by atoms with van der Waals surface area (Å²) < 4.78 is 18.5. The highest BCUT2D eigenvalue weighted by molar-refractivity contribution is 8.18. The summed E-state index contributed by atoms with van der Waals surface area (Å²) in [4.78, 5) is 51.6. The van der Waals surface area contributed by atoms with Crippen LogP contribution in [0.15, 0.2) is 53.4 Å². The van der Waals surface area contributed by atoms with E-state index in [1.54, 1.807) is 38.1 Å². The van der Waals surface area contributed by atoms with E-state index < -0.39 is 34.8 Å². The maximum Gasteiger partial charge on any atom is 0.293 e. The van der Waals surface area contributed by atoms with Crippen molar-refractivity contribution >= 4 is 40.8 Å². The van der Waals surface area contributed by atoms with Crippen molar-refractivity contribution in [2.45, 2.75) is 26.8 Å². The first-order valence-corrected chi connectivity index (χ1v) is 12.3. The Bertz CT molecular complexity index is 1150. The van der Waals surface area contributed by atoms with Crippen LogP contribution in [0.4, 0.5) is 9.18 Å². The fourth-order valence-corrected chi connectivity index (χ4v) is 4.30. The number of hydrogen-bond donors (Lipinski definition) is 2. The molecule has 36 heavy (non-hydrogen) atoms. The molecule has 1 aliphatic heterocycles. The minimum atomic E-state index is -0.808. The third-order valence-electron chi connectivity index (χ3n) is 5.34. The maximum absolute atomic E-state index is 13.1. The Morgan fingerprint density at radius 3 is 2.36 bits per heavy atom. The molecule has 2 N–H and O–H groups in total. The highest BCUT2D eigenvalue weighted by Crippen LogP contribution is 2.31. The van der Waals surface area contributed by atoms with Gasteiger partial charge in [0.15, 0.2) is 0 Å². The van der Waals surface area contributed by atoms with Crippen LogP contribution in [0.1, 0.15) is 36.7 Å². The SMILES string of the molecule is CCOc1ccc(C(=O)NC(C(=O)NCCN2C(=O)SC(=Cc3ccc(F)cc3)C2=O)C(C)C)cc1. The second kappa shape index (κ2) is 12.3. The minimum Gasteiger partial charge on any atom is -0.494 e. The normalized spacial score (nSPS) is 15.4. The second-order valence-electron chi connectivity index (χ2n) is 8.33. The third kappa shape index (κ3) is 6.94. The van der Waals surface area contributed by atoms with Crippen LogP contribution < -0.4 is 15.4 Å². The Labute approximate surface area is 213 Å². The standard InChI is InChI=1S/C26H28FN3O5S/c1-4-35-20-11-7-18(8-12-20)23(31)29-22(16(2)3)24(32)28-13-14-30-25(33)21(36-26(30)34)15-17-5-9-19(27)10-6-17/h5-12,15-16,22H,4,13-14H2,1-3H3,(H,28,32)(H,29,31). The van der Waals surface area contributed by atoms with Crippen molar-refractivity contribution in [1.82, 2.24) is 15.5 Å². The molecule has 1 aliphatic rings. The van der Waals surface area contributed by atoms with Gasteiger partial charge < -0.3 is 15.4 Å². The lowest BCUT2D eigenvalue weighted by molar-refractivity contribution is -0.125. The molecule has 190 valence electrons. The number of nitrogens with zero attached hydrogens (tertiary/aromatic N) is 1. The number of imide groups is 1. The van der Waals surface area contributed by atoms with Gasteiger partial charge in [0.25, 0.3) is 17.1 Å². The smallest absolute Gasteiger partial charge is 0.293 e. The van der Waals surface area contributed by atoms with E-state index in [1.807, 2.05) is 6.92 Å². The van der Waals surface area contributed by atoms with Crippen LogP contribution in [0.3, 0.4) is 0 Å². The van der Waals surface area contributed by atoms with Crippen LogP contribution in [0.2, 0.25) is 0 Å². The number of hydrogen-bond acceptors (Lipinski definition) is 6. The van der Waals surface area contributed by atoms with Crippen molar-refractivity contribution in [3.63, 3.8) is 0 Å². The van der Waals surface area contributed by atoms with Crippen molar-refractivity contribution in [1.29, 1.82) is 0 Å². The molecular weight excluding hydrogens is 485 g/mol. The summed E-state index contributed by atoms with van der Waals surface area (Å²) in [5, 5.41) is 4.98. The second-order valence-corrected chi connectivity index (χ2v) is 9.32. The Hall–Kier alpha value is -3.66. The summed E-state index contributed by atoms with van der Waals surface area (Å²) in [7, 11) is 0. The fourth-order valence-electron chi connectivity index (χ4n) is 3.43. The maximum atomic E-state index is 13.1. The average molecular weight is 514 g/mol. The molecule has 2 aromatic rings. The van der Waals surface area contributed by atoms with Crippen LogP contribution in [-0.2, 0) is 9.59 Å². The molecule has 0 bridgehead atoms. The Morgan fingerprint density at radius 2 is 1.75 bits per heavy atom. The summed E-state index contributed by atoms with van der Waals surface area (Å²) in [6, 6.07) is 11.4. The highest BCUT2D eigenvalue weighted by Gasteiger charge is 2.35. The molecule has 4 amide bonds. The fraction of sp³-hybridized carbons (Fsp3) is 0.308. The highest BCUT2D eigenvalue weighted by atomic mass is 32.2. The van der Waals surface area contributed by atoms with Crippen LogP contribution in [0, 0.1) is 11.7 Å². The Balaban J connectivity index is 1.55. The first-order chi connectivity index (χ1) is 17.2. The summed E-state index contributed by atoms with van der Waals surface area (Å²) in [6.07, 6.45) is 1.52. The van der Waals surface area contributed by atoms with Gasteiger partial charge in [-0.1, -0.05) is 26.0 Å². The van der Waals surface area contributed by atoms with Crippen molar-refractivity contribution in [2.24, 2.45) is 5.92 Å². The largest absolute Gasteiger partial charge is 0.494 e. The summed E-state index contributed by atoms with van der Waals surface area (Å²) >= 11 is 0.787. The summed E-state index contributed by atoms with van der Waals surface area (Å²) in [5.74, 6) is -1.25. The molecule has 1 unspecified atom stereocenters. The number of halogens is 1.